The molecule has 32 heavy (non-hydrogen) atoms. The van der Waals surface area contributed by atoms with Gasteiger partial charge in [0.25, 0.3) is 0 Å². The number of aromatic nitrogens is 3. The molecule has 0 aliphatic heterocycles. The van der Waals surface area contributed by atoms with Gasteiger partial charge in [-0.25, -0.2) is 8.91 Å². The zero-order chi connectivity index (χ0) is 22.5. The summed E-state index contributed by atoms with van der Waals surface area (Å²) in [6.07, 6.45) is 9.60. The van der Waals surface area contributed by atoms with Crippen LogP contribution in [0.2, 0.25) is 0 Å². The van der Waals surface area contributed by atoms with Crippen LogP contribution in [0.1, 0.15) is 51.0 Å². The average Bonchev–Trinajstić information content (AvgIpc) is 3.20. The number of benzene rings is 1. The number of rotatable bonds is 9. The van der Waals surface area contributed by atoms with E-state index in [-0.39, 0.29) is 11.9 Å². The maximum absolute atomic E-state index is 13.6. The van der Waals surface area contributed by atoms with Crippen molar-refractivity contribution in [3.05, 3.63) is 59.2 Å². The highest BCUT2D eigenvalue weighted by molar-refractivity contribution is 5.80. The molecule has 3 aromatic rings. The molecule has 0 spiro atoms. The van der Waals surface area contributed by atoms with E-state index in [1.165, 1.54) is 36.9 Å². The Balaban J connectivity index is 1.51. The molecule has 4 rings (SSSR count). The van der Waals surface area contributed by atoms with Crippen molar-refractivity contribution in [2.45, 2.75) is 58.4 Å². The number of pyridine rings is 1. The maximum Gasteiger partial charge on any atom is 0.243 e. The predicted octanol–water partition coefficient (Wildman–Crippen LogP) is 5.49. The largest absolute Gasteiger partial charge is 0.388 e. The summed E-state index contributed by atoms with van der Waals surface area (Å²) in [7, 11) is 0. The Hall–Kier alpha value is -3.22. The second kappa shape index (κ2) is 9.94. The molecule has 1 aliphatic rings. The van der Waals surface area contributed by atoms with Crippen LogP contribution in [0, 0.1) is 18.2 Å². The van der Waals surface area contributed by atoms with E-state index in [1.54, 1.807) is 10.6 Å². The molecule has 2 aromatic heterocycles. The normalized spacial score (nSPS) is 16.4. The highest BCUT2D eigenvalue weighted by Crippen LogP contribution is 2.29. The Kier molecular flexibility index (Phi) is 6.83. The fourth-order valence-corrected chi connectivity index (χ4v) is 4.34. The molecule has 0 amide bonds. The van der Waals surface area contributed by atoms with E-state index in [4.69, 9.17) is 10.4 Å². The second-order valence-electron chi connectivity index (χ2n) is 8.45. The number of allylic oxidation sites excluding steroid dienone is 1. The van der Waals surface area contributed by atoms with E-state index in [0.29, 0.717) is 5.95 Å². The van der Waals surface area contributed by atoms with Crippen molar-refractivity contribution < 1.29 is 4.39 Å². The monoisotopic (exact) mass is 434 g/mol. The number of aryl methyl sites for hydroxylation is 1. The number of hydrogen-bond acceptors (Lipinski definition) is 5. The highest BCUT2D eigenvalue weighted by Gasteiger charge is 2.21. The lowest BCUT2D eigenvalue weighted by Crippen LogP contribution is -2.29. The summed E-state index contributed by atoms with van der Waals surface area (Å²) in [5, 5.41) is 19.5. The smallest absolute Gasteiger partial charge is 0.243 e. The molecular formula is C25H31FN6. The molecule has 7 heteroatoms. The second-order valence-corrected chi connectivity index (χ2v) is 8.45. The topological polar surface area (TPSA) is 78.1 Å². The van der Waals surface area contributed by atoms with E-state index < -0.39 is 0 Å². The van der Waals surface area contributed by atoms with Crippen LogP contribution in [0.3, 0.4) is 0 Å². The van der Waals surface area contributed by atoms with Gasteiger partial charge in [0.2, 0.25) is 5.95 Å². The van der Waals surface area contributed by atoms with Gasteiger partial charge in [0.15, 0.2) is 5.65 Å². The van der Waals surface area contributed by atoms with Crippen LogP contribution >= 0.6 is 0 Å². The Bertz CT molecular complexity index is 1130. The molecule has 2 heterocycles. The fraction of sp³-hybridized carbons (Fsp3) is 0.400. The van der Waals surface area contributed by atoms with Gasteiger partial charge in [0.05, 0.1) is 0 Å². The van der Waals surface area contributed by atoms with Crippen LogP contribution in [-0.2, 0) is 0 Å². The number of anilines is 1. The summed E-state index contributed by atoms with van der Waals surface area (Å²) in [6, 6.07) is 8.90. The van der Waals surface area contributed by atoms with E-state index >= 15 is 0 Å². The van der Waals surface area contributed by atoms with E-state index in [2.05, 4.69) is 22.7 Å². The van der Waals surface area contributed by atoms with Crippen molar-refractivity contribution in [1.29, 1.82) is 5.41 Å². The molecule has 0 fully saturated rings. The third-order valence-corrected chi connectivity index (χ3v) is 6.06. The Labute approximate surface area is 188 Å². The number of unbranched alkanes of at least 4 members (excludes halogenated alkanes) is 2. The number of hydrogen-bond donors (Lipinski definition) is 3. The summed E-state index contributed by atoms with van der Waals surface area (Å²) in [5.74, 6) is 0.333. The van der Waals surface area contributed by atoms with Crippen LogP contribution in [-0.4, -0.2) is 33.4 Å². The number of fused-ring (bicyclic) bond motifs is 1. The number of halogens is 1. The van der Waals surface area contributed by atoms with Crippen molar-refractivity contribution in [3.8, 4) is 11.1 Å². The van der Waals surface area contributed by atoms with Crippen LogP contribution in [0.15, 0.2) is 47.8 Å². The fourth-order valence-electron chi connectivity index (χ4n) is 4.34. The molecule has 3 N–H and O–H groups in total. The summed E-state index contributed by atoms with van der Waals surface area (Å²) in [6.45, 7) is 5.08. The van der Waals surface area contributed by atoms with Crippen LogP contribution in [0.5, 0.6) is 0 Å². The minimum absolute atomic E-state index is 0.182. The molecule has 0 saturated heterocycles. The van der Waals surface area contributed by atoms with Gasteiger partial charge in [-0.1, -0.05) is 25.8 Å². The van der Waals surface area contributed by atoms with Crippen LogP contribution in [0.25, 0.3) is 16.8 Å². The molecule has 0 saturated carbocycles. The summed E-state index contributed by atoms with van der Waals surface area (Å²) in [4.78, 5) is 4.74. The van der Waals surface area contributed by atoms with Gasteiger partial charge >= 0.3 is 0 Å². The standard InChI is InChI=1S/C25H31FN6/c1-3-4-5-12-28-23-11-9-20(15-18(23)16-27)29-25-30-24-22(7-6-13-32(24)31-25)21-10-8-19(26)14-17(21)2/h6-8,10,13-14,16,20,27-28H,3-5,9,11-12,15H2,1-2H3,(H,29,31). The third-order valence-electron chi connectivity index (χ3n) is 6.06. The van der Waals surface area contributed by atoms with Crippen molar-refractivity contribution in [2.24, 2.45) is 0 Å². The van der Waals surface area contributed by atoms with Crippen molar-refractivity contribution >= 4 is 17.8 Å². The Morgan fingerprint density at radius 2 is 2.12 bits per heavy atom. The zero-order valence-electron chi connectivity index (χ0n) is 18.8. The summed E-state index contributed by atoms with van der Waals surface area (Å²) in [5.41, 5.74) is 5.72. The highest BCUT2D eigenvalue weighted by atomic mass is 19.1. The number of nitrogens with one attached hydrogen (secondary N) is 3. The molecule has 0 bridgehead atoms. The first kappa shape index (κ1) is 22.0. The van der Waals surface area contributed by atoms with Gasteiger partial charge in [-0.15, -0.1) is 5.10 Å². The minimum Gasteiger partial charge on any atom is -0.388 e. The lowest BCUT2D eigenvalue weighted by molar-refractivity contribution is 0.565. The summed E-state index contributed by atoms with van der Waals surface area (Å²) < 4.78 is 15.3. The van der Waals surface area contributed by atoms with Gasteiger partial charge in [0, 0.05) is 36.3 Å². The molecule has 1 aromatic carbocycles. The first-order chi connectivity index (χ1) is 15.6. The van der Waals surface area contributed by atoms with Gasteiger partial charge in [-0.05, 0) is 73.6 Å². The zero-order valence-corrected chi connectivity index (χ0v) is 18.8. The average molecular weight is 435 g/mol. The van der Waals surface area contributed by atoms with Crippen molar-refractivity contribution in [1.82, 2.24) is 19.9 Å². The first-order valence-corrected chi connectivity index (χ1v) is 11.4. The van der Waals surface area contributed by atoms with Crippen LogP contribution < -0.4 is 10.6 Å². The van der Waals surface area contributed by atoms with Gasteiger partial charge in [-0.3, -0.25) is 0 Å². The number of nitrogens with zero attached hydrogens (tertiary/aromatic N) is 3. The molecule has 0 radical (unpaired) electrons. The Morgan fingerprint density at radius 3 is 2.91 bits per heavy atom. The lowest BCUT2D eigenvalue weighted by atomic mass is 9.92. The van der Waals surface area contributed by atoms with E-state index in [1.807, 2.05) is 25.3 Å². The molecule has 6 nitrogen and oxygen atoms in total. The van der Waals surface area contributed by atoms with Gasteiger partial charge < -0.3 is 16.0 Å². The molecule has 1 unspecified atom stereocenters. The van der Waals surface area contributed by atoms with Crippen molar-refractivity contribution in [3.63, 3.8) is 0 Å². The Morgan fingerprint density at radius 1 is 1.25 bits per heavy atom. The third kappa shape index (κ3) is 4.82. The van der Waals surface area contributed by atoms with E-state index in [9.17, 15) is 4.39 Å². The summed E-state index contributed by atoms with van der Waals surface area (Å²) >= 11 is 0. The molecule has 168 valence electrons. The quantitative estimate of drug-likeness (QED) is 0.307. The van der Waals surface area contributed by atoms with E-state index in [0.717, 1.165) is 60.1 Å². The predicted molar refractivity (Wildman–Crippen MR) is 128 cm³/mol. The first-order valence-electron chi connectivity index (χ1n) is 11.4. The molecule has 1 atom stereocenters. The lowest BCUT2D eigenvalue weighted by Gasteiger charge is -2.26. The van der Waals surface area contributed by atoms with Gasteiger partial charge in [0.1, 0.15) is 5.82 Å². The van der Waals surface area contributed by atoms with Gasteiger partial charge in [-0.2, -0.15) is 4.98 Å². The SMILES string of the molecule is CCCCCNC1=C(C=N)CC(Nc2nc3c(-c4ccc(F)cc4C)cccn3n2)CC1. The van der Waals surface area contributed by atoms with Crippen molar-refractivity contribution in [2.75, 3.05) is 11.9 Å². The maximum atomic E-state index is 13.6. The minimum atomic E-state index is -0.242. The molecule has 1 aliphatic carbocycles. The molecular weight excluding hydrogens is 403 g/mol. The van der Waals surface area contributed by atoms with Crippen LogP contribution in [0.4, 0.5) is 10.3 Å².